The second-order valence-corrected chi connectivity index (χ2v) is 4.57. The zero-order valence-electron chi connectivity index (χ0n) is 11.1. The molecule has 0 atom stereocenters. The Morgan fingerprint density at radius 2 is 2.05 bits per heavy atom. The zero-order valence-corrected chi connectivity index (χ0v) is 11.1. The number of aliphatic hydroxyl groups excluding tert-OH is 1. The topological polar surface area (TPSA) is 62.2 Å². The van der Waals surface area contributed by atoms with Crippen molar-refractivity contribution in [2.24, 2.45) is 0 Å². The van der Waals surface area contributed by atoms with Crippen molar-refractivity contribution in [2.45, 2.75) is 19.3 Å². The summed E-state index contributed by atoms with van der Waals surface area (Å²) in [5, 5.41) is 12.1. The molecule has 1 aromatic carbocycles. The number of nitrogens with zero attached hydrogens (tertiary/aromatic N) is 1. The van der Waals surface area contributed by atoms with Gasteiger partial charge < -0.3 is 10.4 Å². The Morgan fingerprint density at radius 3 is 2.85 bits per heavy atom. The van der Waals surface area contributed by atoms with Crippen LogP contribution in [-0.4, -0.2) is 29.1 Å². The largest absolute Gasteiger partial charge is 0.396 e. The first-order valence-electron chi connectivity index (χ1n) is 6.66. The van der Waals surface area contributed by atoms with Gasteiger partial charge in [0.15, 0.2) is 0 Å². The number of aromatic nitrogens is 1. The highest BCUT2D eigenvalue weighted by Crippen LogP contribution is 2.14. The van der Waals surface area contributed by atoms with Crippen molar-refractivity contribution >= 4 is 16.8 Å². The van der Waals surface area contributed by atoms with Gasteiger partial charge in [-0.25, -0.2) is 9.37 Å². The lowest BCUT2D eigenvalue weighted by atomic mass is 10.2. The van der Waals surface area contributed by atoms with Gasteiger partial charge in [-0.2, -0.15) is 0 Å². The molecule has 2 N–H and O–H groups in total. The zero-order chi connectivity index (χ0) is 14.4. The minimum absolute atomic E-state index is 0.177. The molecule has 0 saturated heterocycles. The van der Waals surface area contributed by atoms with E-state index in [9.17, 15) is 9.18 Å². The van der Waals surface area contributed by atoms with Crippen LogP contribution >= 0.6 is 0 Å². The van der Waals surface area contributed by atoms with Crippen LogP contribution in [0.4, 0.5) is 4.39 Å². The number of nitrogens with one attached hydrogen (secondary N) is 1. The van der Waals surface area contributed by atoms with E-state index in [0.29, 0.717) is 23.1 Å². The Bertz CT molecular complexity index is 601. The van der Waals surface area contributed by atoms with Gasteiger partial charge in [-0.15, -0.1) is 0 Å². The fourth-order valence-corrected chi connectivity index (χ4v) is 1.93. The third-order valence-corrected chi connectivity index (χ3v) is 3.00. The summed E-state index contributed by atoms with van der Waals surface area (Å²) < 4.78 is 13.0. The molecule has 1 amide bonds. The van der Waals surface area contributed by atoms with Crippen molar-refractivity contribution in [3.63, 3.8) is 0 Å². The molecule has 0 unspecified atom stereocenters. The van der Waals surface area contributed by atoms with Crippen molar-refractivity contribution in [1.29, 1.82) is 0 Å². The summed E-state index contributed by atoms with van der Waals surface area (Å²) in [6.07, 6.45) is 2.45. The number of unbranched alkanes of at least 4 members (excludes halogenated alkanes) is 2. The average molecular weight is 276 g/mol. The van der Waals surface area contributed by atoms with Crippen molar-refractivity contribution in [2.75, 3.05) is 13.2 Å². The molecule has 4 nitrogen and oxygen atoms in total. The molecule has 2 rings (SSSR count). The van der Waals surface area contributed by atoms with Crippen LogP contribution in [0.2, 0.25) is 0 Å². The number of hydrogen-bond donors (Lipinski definition) is 2. The number of rotatable bonds is 6. The Hall–Kier alpha value is -2.01. The van der Waals surface area contributed by atoms with Gasteiger partial charge in [0.2, 0.25) is 0 Å². The van der Waals surface area contributed by atoms with Crippen molar-refractivity contribution in [1.82, 2.24) is 10.3 Å². The molecular weight excluding hydrogens is 259 g/mol. The van der Waals surface area contributed by atoms with Gasteiger partial charge in [-0.05, 0) is 43.5 Å². The van der Waals surface area contributed by atoms with Crippen molar-refractivity contribution < 1.29 is 14.3 Å². The normalized spacial score (nSPS) is 10.7. The van der Waals surface area contributed by atoms with Crippen molar-refractivity contribution in [3.8, 4) is 0 Å². The predicted octanol–water partition coefficient (Wildman–Crippen LogP) is 2.27. The lowest BCUT2D eigenvalue weighted by Gasteiger charge is -2.05. The molecule has 5 heteroatoms. The summed E-state index contributed by atoms with van der Waals surface area (Å²) in [7, 11) is 0. The van der Waals surface area contributed by atoms with Crippen LogP contribution in [0.1, 0.15) is 29.8 Å². The Labute approximate surface area is 116 Å². The van der Waals surface area contributed by atoms with Gasteiger partial charge >= 0.3 is 0 Å². The lowest BCUT2D eigenvalue weighted by Crippen LogP contribution is -2.25. The third kappa shape index (κ3) is 3.74. The van der Waals surface area contributed by atoms with Crippen molar-refractivity contribution in [3.05, 3.63) is 41.8 Å². The van der Waals surface area contributed by atoms with Gasteiger partial charge in [0.05, 0.1) is 5.52 Å². The Kier molecular flexibility index (Phi) is 5.01. The number of pyridine rings is 1. The van der Waals surface area contributed by atoms with Crippen LogP contribution in [0.25, 0.3) is 10.9 Å². The third-order valence-electron chi connectivity index (χ3n) is 3.00. The molecule has 1 heterocycles. The van der Waals surface area contributed by atoms with Crippen LogP contribution < -0.4 is 5.32 Å². The first kappa shape index (κ1) is 14.4. The highest BCUT2D eigenvalue weighted by molar-refractivity contribution is 5.94. The second-order valence-electron chi connectivity index (χ2n) is 4.57. The molecular formula is C15H17FN2O2. The van der Waals surface area contributed by atoms with Crippen LogP contribution in [0.3, 0.4) is 0 Å². The van der Waals surface area contributed by atoms with E-state index in [2.05, 4.69) is 10.3 Å². The van der Waals surface area contributed by atoms with E-state index in [0.717, 1.165) is 19.3 Å². The number of carbonyl (C=O) groups excluding carboxylic acids is 1. The maximum atomic E-state index is 13.0. The molecule has 0 saturated carbocycles. The minimum Gasteiger partial charge on any atom is -0.396 e. The van der Waals surface area contributed by atoms with Gasteiger partial charge in [-0.1, -0.05) is 6.07 Å². The molecule has 0 aliphatic heterocycles. The van der Waals surface area contributed by atoms with E-state index in [1.807, 2.05) is 0 Å². The van der Waals surface area contributed by atoms with Crippen LogP contribution in [0.5, 0.6) is 0 Å². The molecule has 106 valence electrons. The molecule has 0 bridgehead atoms. The molecule has 0 fully saturated rings. The highest BCUT2D eigenvalue weighted by atomic mass is 19.1. The number of fused-ring (bicyclic) bond motifs is 1. The maximum absolute atomic E-state index is 13.0. The summed E-state index contributed by atoms with van der Waals surface area (Å²) in [4.78, 5) is 16.1. The maximum Gasteiger partial charge on any atom is 0.269 e. The average Bonchev–Trinajstić information content (AvgIpc) is 2.46. The number of hydrogen-bond acceptors (Lipinski definition) is 3. The lowest BCUT2D eigenvalue weighted by molar-refractivity contribution is 0.0948. The molecule has 0 spiro atoms. The van der Waals surface area contributed by atoms with Gasteiger partial charge in [-0.3, -0.25) is 4.79 Å². The summed E-state index contributed by atoms with van der Waals surface area (Å²) in [5.41, 5.74) is 0.922. The van der Waals surface area contributed by atoms with E-state index in [1.165, 1.54) is 12.1 Å². The van der Waals surface area contributed by atoms with E-state index in [4.69, 9.17) is 5.11 Å². The van der Waals surface area contributed by atoms with E-state index in [1.54, 1.807) is 18.2 Å². The first-order valence-corrected chi connectivity index (χ1v) is 6.66. The van der Waals surface area contributed by atoms with E-state index in [-0.39, 0.29) is 18.3 Å². The van der Waals surface area contributed by atoms with Gasteiger partial charge in [0.25, 0.3) is 5.91 Å². The smallest absolute Gasteiger partial charge is 0.269 e. The number of halogens is 1. The fraction of sp³-hybridized carbons (Fsp3) is 0.333. The fourth-order valence-electron chi connectivity index (χ4n) is 1.93. The quantitative estimate of drug-likeness (QED) is 0.796. The van der Waals surface area contributed by atoms with Gasteiger partial charge in [0.1, 0.15) is 11.5 Å². The van der Waals surface area contributed by atoms with E-state index < -0.39 is 0 Å². The van der Waals surface area contributed by atoms with Crippen LogP contribution in [-0.2, 0) is 0 Å². The molecule has 20 heavy (non-hydrogen) atoms. The summed E-state index contributed by atoms with van der Waals surface area (Å²) >= 11 is 0. The monoisotopic (exact) mass is 276 g/mol. The van der Waals surface area contributed by atoms with Gasteiger partial charge in [0, 0.05) is 18.5 Å². The first-order chi connectivity index (χ1) is 9.70. The Balaban J connectivity index is 1.98. The summed E-state index contributed by atoms with van der Waals surface area (Å²) in [5.74, 6) is -0.555. The second kappa shape index (κ2) is 6.96. The summed E-state index contributed by atoms with van der Waals surface area (Å²) in [6, 6.07) is 7.55. The SMILES string of the molecule is O=C(NCCCCCO)c1ccc2cc(F)ccc2n1. The minimum atomic E-state index is -0.319. The predicted molar refractivity (Wildman–Crippen MR) is 75.0 cm³/mol. The highest BCUT2D eigenvalue weighted by Gasteiger charge is 2.07. The number of amides is 1. The number of aliphatic hydroxyl groups is 1. The molecule has 0 radical (unpaired) electrons. The standard InChI is InChI=1S/C15H17FN2O2/c16-12-5-7-13-11(10-12)4-6-14(18-13)15(20)17-8-2-1-3-9-19/h4-7,10,19H,1-3,8-9H2,(H,17,20). The molecule has 1 aromatic heterocycles. The van der Waals surface area contributed by atoms with E-state index >= 15 is 0 Å². The summed E-state index contributed by atoms with van der Waals surface area (Å²) in [6.45, 7) is 0.735. The Morgan fingerprint density at radius 1 is 1.20 bits per heavy atom. The van der Waals surface area contributed by atoms with Crippen LogP contribution in [0, 0.1) is 5.82 Å². The molecule has 0 aliphatic rings. The number of benzene rings is 1. The number of carbonyl (C=O) groups is 1. The molecule has 0 aliphatic carbocycles. The molecule has 2 aromatic rings. The van der Waals surface area contributed by atoms with Crippen LogP contribution in [0.15, 0.2) is 30.3 Å².